The number of hydrogen-bond donors (Lipinski definition) is 1. The number of amides is 1. The Bertz CT molecular complexity index is 671. The number of rotatable bonds is 4. The van der Waals surface area contributed by atoms with Crippen molar-refractivity contribution < 1.29 is 9.72 Å². The third-order valence-electron chi connectivity index (χ3n) is 2.46. The van der Waals surface area contributed by atoms with E-state index in [1.165, 1.54) is 41.3 Å². The van der Waals surface area contributed by atoms with Gasteiger partial charge in [0.2, 0.25) is 5.13 Å². The lowest BCUT2D eigenvalue weighted by Crippen LogP contribution is -2.12. The van der Waals surface area contributed by atoms with Crippen LogP contribution in [-0.4, -0.2) is 27.3 Å². The lowest BCUT2D eigenvalue weighted by Gasteiger charge is -2.03. The van der Waals surface area contributed by atoms with Gasteiger partial charge in [0, 0.05) is 17.2 Å². The smallest absolute Gasteiger partial charge is 0.272 e. The van der Waals surface area contributed by atoms with E-state index >= 15 is 0 Å². The molecule has 1 aromatic heterocycles. The average Bonchev–Trinajstić information content (AvgIpc) is 2.85. The van der Waals surface area contributed by atoms with E-state index in [1.54, 1.807) is 6.92 Å². The number of aryl methyl sites for hydroxylation is 1. The average molecular weight is 310 g/mol. The van der Waals surface area contributed by atoms with Crippen molar-refractivity contribution in [3.63, 3.8) is 0 Å². The molecular formula is C11H10N4O3S2. The Labute approximate surface area is 122 Å². The number of carbonyl (C=O) groups excluding carboxylic acids is 1. The Morgan fingerprint density at radius 1 is 1.45 bits per heavy atom. The van der Waals surface area contributed by atoms with Crippen LogP contribution in [-0.2, 0) is 0 Å². The van der Waals surface area contributed by atoms with Crippen LogP contribution in [0.4, 0.5) is 10.8 Å². The van der Waals surface area contributed by atoms with Crippen LogP contribution in [0.1, 0.15) is 15.9 Å². The molecule has 1 N–H and O–H groups in total. The van der Waals surface area contributed by atoms with Crippen molar-refractivity contribution in [2.45, 2.75) is 11.3 Å². The fourth-order valence-electron chi connectivity index (χ4n) is 1.51. The van der Waals surface area contributed by atoms with Gasteiger partial charge in [0.15, 0.2) is 4.34 Å². The van der Waals surface area contributed by atoms with Gasteiger partial charge in [-0.25, -0.2) is 0 Å². The molecule has 0 spiro atoms. The number of anilines is 1. The van der Waals surface area contributed by atoms with Gasteiger partial charge in [-0.15, -0.1) is 10.2 Å². The molecule has 0 unspecified atom stereocenters. The molecule has 7 nitrogen and oxygen atoms in total. The van der Waals surface area contributed by atoms with Crippen LogP contribution in [0.3, 0.4) is 0 Å². The predicted molar refractivity (Wildman–Crippen MR) is 77.5 cm³/mol. The lowest BCUT2D eigenvalue weighted by atomic mass is 10.1. The first-order chi connectivity index (χ1) is 9.51. The van der Waals surface area contributed by atoms with Gasteiger partial charge in [0.1, 0.15) is 0 Å². The highest BCUT2D eigenvalue weighted by atomic mass is 32.2. The Balaban J connectivity index is 2.17. The van der Waals surface area contributed by atoms with Crippen LogP contribution in [0.25, 0.3) is 0 Å². The van der Waals surface area contributed by atoms with Crippen molar-refractivity contribution in [3.8, 4) is 0 Å². The molecule has 0 bridgehead atoms. The minimum atomic E-state index is -0.480. The number of benzene rings is 1. The molecule has 1 amide bonds. The molecule has 1 heterocycles. The number of aromatic nitrogens is 2. The third kappa shape index (κ3) is 3.11. The zero-order valence-electron chi connectivity index (χ0n) is 10.6. The first-order valence-electron chi connectivity index (χ1n) is 5.45. The molecule has 0 fully saturated rings. The summed E-state index contributed by atoms with van der Waals surface area (Å²) in [5.41, 5.74) is 0.765. The quantitative estimate of drug-likeness (QED) is 0.403. The monoisotopic (exact) mass is 310 g/mol. The Morgan fingerprint density at radius 3 is 2.75 bits per heavy atom. The summed E-state index contributed by atoms with van der Waals surface area (Å²) in [6.07, 6.45) is 1.87. The van der Waals surface area contributed by atoms with E-state index in [2.05, 4.69) is 15.5 Å². The van der Waals surface area contributed by atoms with Gasteiger partial charge in [0.25, 0.3) is 11.6 Å². The van der Waals surface area contributed by atoms with Gasteiger partial charge in [-0.1, -0.05) is 23.1 Å². The second kappa shape index (κ2) is 5.97. The Kier molecular flexibility index (Phi) is 4.30. The van der Waals surface area contributed by atoms with E-state index in [4.69, 9.17) is 0 Å². The van der Waals surface area contributed by atoms with Crippen LogP contribution in [0, 0.1) is 17.0 Å². The first kappa shape index (κ1) is 14.4. The van der Waals surface area contributed by atoms with E-state index in [0.717, 1.165) is 4.34 Å². The first-order valence-corrected chi connectivity index (χ1v) is 7.49. The van der Waals surface area contributed by atoms with Crippen molar-refractivity contribution in [2.24, 2.45) is 0 Å². The van der Waals surface area contributed by atoms with E-state index in [-0.39, 0.29) is 11.6 Å². The normalized spacial score (nSPS) is 10.3. The number of nitro groups is 1. The van der Waals surface area contributed by atoms with Crippen LogP contribution >= 0.6 is 23.1 Å². The maximum absolute atomic E-state index is 12.0. The van der Waals surface area contributed by atoms with Crippen LogP contribution < -0.4 is 5.32 Å². The second-order valence-electron chi connectivity index (χ2n) is 3.79. The molecule has 2 aromatic rings. The van der Waals surface area contributed by atoms with Crippen molar-refractivity contribution in [2.75, 3.05) is 11.6 Å². The predicted octanol–water partition coefficient (Wildman–Crippen LogP) is 2.73. The van der Waals surface area contributed by atoms with Gasteiger partial charge >= 0.3 is 0 Å². The topological polar surface area (TPSA) is 98.0 Å². The van der Waals surface area contributed by atoms with E-state index in [0.29, 0.717) is 16.3 Å². The van der Waals surface area contributed by atoms with Crippen molar-refractivity contribution in [1.82, 2.24) is 10.2 Å². The molecule has 0 aliphatic rings. The SMILES string of the molecule is CSc1nnc(NC(=O)c2ccc([N+](=O)[O-])c(C)c2)s1. The largest absolute Gasteiger partial charge is 0.296 e. The number of nitro benzene ring substituents is 1. The van der Waals surface area contributed by atoms with Gasteiger partial charge in [-0.05, 0) is 25.3 Å². The second-order valence-corrected chi connectivity index (χ2v) is 5.82. The molecule has 1 aromatic carbocycles. The molecule has 0 atom stereocenters. The third-order valence-corrected chi connectivity index (χ3v) is 4.27. The number of nitrogens with zero attached hydrogens (tertiary/aromatic N) is 3. The van der Waals surface area contributed by atoms with Gasteiger partial charge in [0.05, 0.1) is 4.92 Å². The summed E-state index contributed by atoms with van der Waals surface area (Å²) in [6, 6.07) is 4.21. The standard InChI is InChI=1S/C11H10N4O3S2/c1-6-5-7(3-4-8(6)15(17)18)9(16)12-10-13-14-11(19-2)20-10/h3-5H,1-2H3,(H,12,13,16). The highest BCUT2D eigenvalue weighted by Crippen LogP contribution is 2.24. The molecule has 2 rings (SSSR count). The summed E-state index contributed by atoms with van der Waals surface area (Å²) in [4.78, 5) is 22.2. The van der Waals surface area contributed by atoms with Gasteiger partial charge in [-0.2, -0.15) is 0 Å². The summed E-state index contributed by atoms with van der Waals surface area (Å²) in [5, 5.41) is 21.4. The van der Waals surface area contributed by atoms with Crippen molar-refractivity contribution >= 4 is 39.8 Å². The number of carbonyl (C=O) groups is 1. The fourth-order valence-corrected chi connectivity index (χ4v) is 2.68. The summed E-state index contributed by atoms with van der Waals surface area (Å²) >= 11 is 2.71. The highest BCUT2D eigenvalue weighted by molar-refractivity contribution is 8.00. The Morgan fingerprint density at radius 2 is 2.20 bits per heavy atom. The molecular weight excluding hydrogens is 300 g/mol. The van der Waals surface area contributed by atoms with Crippen LogP contribution in [0.15, 0.2) is 22.5 Å². The molecule has 0 saturated carbocycles. The van der Waals surface area contributed by atoms with Crippen LogP contribution in [0.5, 0.6) is 0 Å². The summed E-state index contributed by atoms with van der Waals surface area (Å²) in [5.74, 6) is -0.369. The van der Waals surface area contributed by atoms with Crippen molar-refractivity contribution in [1.29, 1.82) is 0 Å². The van der Waals surface area contributed by atoms with Crippen LogP contribution in [0.2, 0.25) is 0 Å². The maximum atomic E-state index is 12.0. The summed E-state index contributed by atoms with van der Waals surface area (Å²) < 4.78 is 0.750. The van der Waals surface area contributed by atoms with E-state index < -0.39 is 4.92 Å². The summed E-state index contributed by atoms with van der Waals surface area (Å²) in [6.45, 7) is 1.59. The highest BCUT2D eigenvalue weighted by Gasteiger charge is 2.15. The zero-order chi connectivity index (χ0) is 14.7. The lowest BCUT2D eigenvalue weighted by molar-refractivity contribution is -0.385. The molecule has 9 heteroatoms. The molecule has 20 heavy (non-hydrogen) atoms. The minimum Gasteiger partial charge on any atom is -0.296 e. The molecule has 104 valence electrons. The minimum absolute atomic E-state index is 0.0119. The van der Waals surface area contributed by atoms with Gasteiger partial charge < -0.3 is 0 Å². The van der Waals surface area contributed by atoms with Gasteiger partial charge in [-0.3, -0.25) is 20.2 Å². The van der Waals surface area contributed by atoms with Crippen molar-refractivity contribution in [3.05, 3.63) is 39.4 Å². The molecule has 0 radical (unpaired) electrons. The summed E-state index contributed by atoms with van der Waals surface area (Å²) in [7, 11) is 0. The Hall–Kier alpha value is -2.00. The van der Waals surface area contributed by atoms with E-state index in [1.807, 2.05) is 6.26 Å². The number of nitrogens with one attached hydrogen (secondary N) is 1. The fraction of sp³-hybridized carbons (Fsp3) is 0.182. The number of hydrogen-bond acceptors (Lipinski definition) is 7. The molecule has 0 saturated heterocycles. The van der Waals surface area contributed by atoms with E-state index in [9.17, 15) is 14.9 Å². The number of thioether (sulfide) groups is 1. The molecule has 0 aliphatic carbocycles. The molecule has 0 aliphatic heterocycles. The zero-order valence-corrected chi connectivity index (χ0v) is 12.2. The maximum Gasteiger partial charge on any atom is 0.272 e.